The topological polar surface area (TPSA) is 105 Å². The highest BCUT2D eigenvalue weighted by atomic mass is 32.2. The van der Waals surface area contributed by atoms with Gasteiger partial charge < -0.3 is 11.1 Å². The minimum Gasteiger partial charge on any atom is -0.324 e. The third-order valence-electron chi connectivity index (χ3n) is 7.91. The zero-order valence-corrected chi connectivity index (χ0v) is 25.9. The van der Waals surface area contributed by atoms with E-state index < -0.39 is 16.2 Å². The average Bonchev–Trinajstić information content (AvgIpc) is 2.85. The van der Waals surface area contributed by atoms with Crippen molar-refractivity contribution in [3.63, 3.8) is 0 Å². The van der Waals surface area contributed by atoms with E-state index >= 15 is 0 Å². The number of carbonyl (C=O) groups is 1. The summed E-state index contributed by atoms with van der Waals surface area (Å²) in [4.78, 5) is 12.4. The zero-order chi connectivity index (χ0) is 28.7. The number of rotatable bonds is 19. The number of nitrogens with two attached hydrogens (primary N) is 1. The van der Waals surface area contributed by atoms with Crippen molar-refractivity contribution in [2.45, 2.75) is 112 Å². The van der Waals surface area contributed by atoms with Crippen LogP contribution < -0.4 is 15.8 Å². The van der Waals surface area contributed by atoms with Crippen molar-refractivity contribution in [3.8, 4) is 0 Å². The molecule has 0 aromatic heterocycles. The first kappa shape index (κ1) is 34.4. The first-order valence-electron chi connectivity index (χ1n) is 14.8. The van der Waals surface area contributed by atoms with E-state index in [2.05, 4.69) is 51.6 Å². The highest BCUT2D eigenvalue weighted by molar-refractivity contribution is 7.87. The average molecular weight is 553 g/mol. The molecule has 0 saturated heterocycles. The van der Waals surface area contributed by atoms with Gasteiger partial charge in [-0.3, -0.25) is 0 Å². The molecule has 1 aromatic carbocycles. The van der Waals surface area contributed by atoms with E-state index in [1.165, 1.54) is 49.9 Å². The summed E-state index contributed by atoms with van der Waals surface area (Å²) in [6.45, 7) is 13.9. The number of anilines is 1. The van der Waals surface area contributed by atoms with Crippen LogP contribution in [0.3, 0.4) is 0 Å². The van der Waals surface area contributed by atoms with Gasteiger partial charge in [-0.1, -0.05) is 105 Å². The van der Waals surface area contributed by atoms with Gasteiger partial charge in [-0.05, 0) is 54.2 Å². The molecule has 3 unspecified atom stereocenters. The molecule has 2 amide bonds. The predicted molar refractivity (Wildman–Crippen MR) is 161 cm³/mol. The number of urea groups is 1. The van der Waals surface area contributed by atoms with E-state index in [0.29, 0.717) is 30.0 Å². The van der Waals surface area contributed by atoms with Gasteiger partial charge in [0.05, 0.1) is 0 Å². The number of amides is 2. The van der Waals surface area contributed by atoms with Crippen LogP contribution in [0.5, 0.6) is 0 Å². The third-order valence-corrected chi connectivity index (χ3v) is 9.36. The Kier molecular flexibility index (Phi) is 16.2. The van der Waals surface area contributed by atoms with Crippen LogP contribution in [0.4, 0.5) is 10.5 Å². The minimum absolute atomic E-state index is 0.0898. The van der Waals surface area contributed by atoms with Gasteiger partial charge in [-0.2, -0.15) is 12.7 Å². The normalized spacial score (nSPS) is 14.6. The van der Waals surface area contributed by atoms with Crippen LogP contribution in [0.25, 0.3) is 0 Å². The van der Waals surface area contributed by atoms with Crippen LogP contribution in [-0.4, -0.2) is 32.3 Å². The highest BCUT2D eigenvalue weighted by Gasteiger charge is 2.24. The monoisotopic (exact) mass is 552 g/mol. The molecule has 0 radical (unpaired) electrons. The van der Waals surface area contributed by atoms with E-state index in [-0.39, 0.29) is 6.04 Å². The van der Waals surface area contributed by atoms with Gasteiger partial charge in [0.15, 0.2) is 0 Å². The molecule has 0 saturated carbocycles. The molecule has 7 nitrogen and oxygen atoms in total. The Morgan fingerprint density at radius 3 is 2.05 bits per heavy atom. The summed E-state index contributed by atoms with van der Waals surface area (Å²) in [6.07, 6.45) is 11.1. The van der Waals surface area contributed by atoms with Crippen LogP contribution in [0, 0.1) is 23.7 Å². The lowest BCUT2D eigenvalue weighted by Crippen LogP contribution is -2.43. The van der Waals surface area contributed by atoms with Crippen LogP contribution in [0.15, 0.2) is 24.3 Å². The molecule has 3 atom stereocenters. The van der Waals surface area contributed by atoms with Crippen LogP contribution in [0.2, 0.25) is 0 Å². The minimum atomic E-state index is -3.89. The number of carbonyl (C=O) groups excluding carboxylic acids is 1. The lowest BCUT2D eigenvalue weighted by atomic mass is 9.79. The maximum atomic E-state index is 12.5. The van der Waals surface area contributed by atoms with E-state index in [1.54, 1.807) is 12.1 Å². The van der Waals surface area contributed by atoms with Gasteiger partial charge in [0.1, 0.15) is 0 Å². The summed E-state index contributed by atoms with van der Waals surface area (Å²) in [6, 6.07) is 6.56. The predicted octanol–water partition coefficient (Wildman–Crippen LogP) is 7.47. The maximum absolute atomic E-state index is 12.5. The molecule has 1 rings (SSSR count). The Morgan fingerprint density at radius 2 is 1.50 bits per heavy atom. The van der Waals surface area contributed by atoms with Crippen molar-refractivity contribution < 1.29 is 13.2 Å². The van der Waals surface area contributed by atoms with Gasteiger partial charge in [-0.25, -0.2) is 9.52 Å². The molecule has 0 aliphatic rings. The molecule has 0 aliphatic heterocycles. The quantitative estimate of drug-likeness (QED) is 0.155. The second kappa shape index (κ2) is 17.9. The fourth-order valence-electron chi connectivity index (χ4n) is 5.17. The Hall–Kier alpha value is -1.64. The molecular weight excluding hydrogens is 496 g/mol. The van der Waals surface area contributed by atoms with Crippen molar-refractivity contribution >= 4 is 21.9 Å². The number of unbranched alkanes of at least 4 members (excludes halogenated alkanes) is 5. The molecule has 38 heavy (non-hydrogen) atoms. The van der Waals surface area contributed by atoms with Crippen molar-refractivity contribution in [1.29, 1.82) is 0 Å². The Bertz CT molecular complexity index is 887. The van der Waals surface area contributed by atoms with Crippen molar-refractivity contribution in [2.75, 3.05) is 18.9 Å². The number of hydrogen-bond donors (Lipinski definition) is 3. The summed E-state index contributed by atoms with van der Waals surface area (Å²) in [5.74, 6) is 2.30. The smallest absolute Gasteiger partial charge is 0.324 e. The molecule has 220 valence electrons. The van der Waals surface area contributed by atoms with Gasteiger partial charge in [0.2, 0.25) is 0 Å². The molecule has 0 bridgehead atoms. The van der Waals surface area contributed by atoms with E-state index in [1.807, 2.05) is 12.1 Å². The second-order valence-corrected chi connectivity index (χ2v) is 13.3. The standard InChI is InChI=1S/C30H56N4O3S/c1-8-10-11-12-13-14-22-34(7)38(36,37)33-30(35)32-27-20-18-26(19-21-27)29(31)28(24(5)6)17-15-16-25(9-2)23(3)4/h18-21,23-25,28-29H,8-17,22,31H2,1-7H3,(H2,32,33,35). The summed E-state index contributed by atoms with van der Waals surface area (Å²) < 4.78 is 28.3. The number of hydrogen-bond acceptors (Lipinski definition) is 4. The second-order valence-electron chi connectivity index (χ2n) is 11.5. The van der Waals surface area contributed by atoms with E-state index in [4.69, 9.17) is 5.73 Å². The Labute approximate surface area is 233 Å². The number of nitrogens with zero attached hydrogens (tertiary/aromatic N) is 1. The first-order chi connectivity index (χ1) is 17.9. The van der Waals surface area contributed by atoms with Crippen molar-refractivity contribution in [2.24, 2.45) is 29.4 Å². The maximum Gasteiger partial charge on any atom is 0.333 e. The van der Waals surface area contributed by atoms with Crippen molar-refractivity contribution in [1.82, 2.24) is 9.03 Å². The van der Waals surface area contributed by atoms with Crippen molar-refractivity contribution in [3.05, 3.63) is 29.8 Å². The Balaban J connectivity index is 2.62. The van der Waals surface area contributed by atoms with Gasteiger partial charge in [-0.15, -0.1) is 0 Å². The highest BCUT2D eigenvalue weighted by Crippen LogP contribution is 2.32. The van der Waals surface area contributed by atoms with Crippen LogP contribution in [-0.2, 0) is 10.2 Å². The molecule has 0 heterocycles. The summed E-state index contributed by atoms with van der Waals surface area (Å²) in [5.41, 5.74) is 8.26. The molecule has 0 spiro atoms. The van der Waals surface area contributed by atoms with E-state index in [0.717, 1.165) is 37.2 Å². The third kappa shape index (κ3) is 12.5. The van der Waals surface area contributed by atoms with Gasteiger partial charge in [0.25, 0.3) is 0 Å². The number of nitrogens with one attached hydrogen (secondary N) is 2. The van der Waals surface area contributed by atoms with Gasteiger partial charge in [0, 0.05) is 25.3 Å². The fraction of sp³-hybridized carbons (Fsp3) is 0.767. The number of benzene rings is 1. The molecule has 0 fully saturated rings. The largest absolute Gasteiger partial charge is 0.333 e. The lowest BCUT2D eigenvalue weighted by molar-refractivity contribution is 0.256. The van der Waals surface area contributed by atoms with E-state index in [9.17, 15) is 13.2 Å². The lowest BCUT2D eigenvalue weighted by Gasteiger charge is -2.29. The zero-order valence-electron chi connectivity index (χ0n) is 25.1. The molecule has 8 heteroatoms. The fourth-order valence-corrected chi connectivity index (χ4v) is 5.99. The molecule has 4 N–H and O–H groups in total. The van der Waals surface area contributed by atoms with Crippen LogP contribution in [0.1, 0.15) is 117 Å². The van der Waals surface area contributed by atoms with Gasteiger partial charge >= 0.3 is 16.2 Å². The summed E-state index contributed by atoms with van der Waals surface area (Å²) >= 11 is 0. The molecule has 0 aliphatic carbocycles. The van der Waals surface area contributed by atoms with Crippen LogP contribution >= 0.6 is 0 Å². The molecule has 1 aromatic rings. The Morgan fingerprint density at radius 1 is 0.895 bits per heavy atom. The molecular formula is C30H56N4O3S. The summed E-state index contributed by atoms with van der Waals surface area (Å²) in [7, 11) is -2.40. The first-order valence-corrected chi connectivity index (χ1v) is 16.3. The SMILES string of the molecule is CCCCCCCCN(C)S(=O)(=O)NC(=O)Nc1ccc(C(N)C(CCCC(CC)C(C)C)C(C)C)cc1. The summed E-state index contributed by atoms with van der Waals surface area (Å²) in [5, 5.41) is 2.63.